The number of aryl methyl sites for hydroxylation is 2. The van der Waals surface area contributed by atoms with Gasteiger partial charge in [0.05, 0.1) is 10.6 Å². The lowest BCUT2D eigenvalue weighted by atomic mass is 10.0. The quantitative estimate of drug-likeness (QED) is 0.167. The number of amides is 2. The molecule has 0 radical (unpaired) electrons. The van der Waals surface area contributed by atoms with Gasteiger partial charge in [0.25, 0.3) is 10.0 Å². The Hall–Kier alpha value is -3.85. The highest BCUT2D eigenvalue weighted by Crippen LogP contribution is 2.30. The van der Waals surface area contributed by atoms with Crippen LogP contribution in [0.5, 0.6) is 0 Å². The number of carbonyl (C=O) groups excluding carboxylic acids is 2. The fourth-order valence-corrected chi connectivity index (χ4v) is 7.79. The van der Waals surface area contributed by atoms with Gasteiger partial charge in [-0.3, -0.25) is 13.9 Å². The van der Waals surface area contributed by atoms with Gasteiger partial charge in [0.2, 0.25) is 11.8 Å². The van der Waals surface area contributed by atoms with Crippen molar-refractivity contribution in [2.24, 2.45) is 0 Å². The number of nitrogens with zero attached hydrogens (tertiary/aromatic N) is 2. The van der Waals surface area contributed by atoms with Gasteiger partial charge in [0, 0.05) is 29.1 Å². The molecule has 0 aliphatic heterocycles. The Morgan fingerprint density at radius 1 is 0.830 bits per heavy atom. The first-order valence-electron chi connectivity index (χ1n) is 15.7. The largest absolute Gasteiger partial charge is 0.352 e. The molecule has 10 heteroatoms. The van der Waals surface area contributed by atoms with Crippen LogP contribution in [0, 0.1) is 13.8 Å². The number of halogens is 2. The van der Waals surface area contributed by atoms with Gasteiger partial charge in [0.1, 0.15) is 12.6 Å². The van der Waals surface area contributed by atoms with Crippen molar-refractivity contribution in [1.29, 1.82) is 0 Å². The maximum absolute atomic E-state index is 14.7. The highest BCUT2D eigenvalue weighted by molar-refractivity contribution is 7.92. The van der Waals surface area contributed by atoms with Gasteiger partial charge in [-0.15, -0.1) is 0 Å². The number of hydrogen-bond acceptors (Lipinski definition) is 4. The van der Waals surface area contributed by atoms with Gasteiger partial charge in [0.15, 0.2) is 0 Å². The first-order valence-corrected chi connectivity index (χ1v) is 17.9. The summed E-state index contributed by atoms with van der Waals surface area (Å²) >= 11 is 12.4. The van der Waals surface area contributed by atoms with E-state index in [1.165, 1.54) is 17.0 Å². The number of carbonyl (C=O) groups is 2. The minimum atomic E-state index is -4.21. The van der Waals surface area contributed by atoms with Crippen LogP contribution in [0.2, 0.25) is 10.0 Å². The summed E-state index contributed by atoms with van der Waals surface area (Å²) in [7, 11) is -4.21. The lowest BCUT2D eigenvalue weighted by Gasteiger charge is -2.34. The molecule has 0 spiro atoms. The van der Waals surface area contributed by atoms with Crippen LogP contribution in [-0.2, 0) is 32.6 Å². The second-order valence-corrected chi connectivity index (χ2v) is 14.8. The van der Waals surface area contributed by atoms with E-state index in [0.29, 0.717) is 21.3 Å². The molecule has 0 bridgehead atoms. The van der Waals surface area contributed by atoms with Gasteiger partial charge in [-0.05, 0) is 85.8 Å². The SMILES string of the molecule is Cc1ccc(S(=O)(=O)N(CC(=O)N(Cc2ccc(Cl)cc2)C(Cc2ccccc2)C(=O)NC2CCCC2)c2ccc(Cl)cc2C)cc1. The third kappa shape index (κ3) is 8.74. The number of rotatable bonds is 12. The zero-order chi connectivity index (χ0) is 33.6. The molecule has 1 atom stereocenters. The van der Waals surface area contributed by atoms with Crippen LogP contribution in [0.15, 0.2) is 102 Å². The predicted molar refractivity (Wildman–Crippen MR) is 188 cm³/mol. The minimum absolute atomic E-state index is 0.0309. The fourth-order valence-electron chi connectivity index (χ4n) is 5.96. The molecule has 1 N–H and O–H groups in total. The average molecular weight is 693 g/mol. The summed E-state index contributed by atoms with van der Waals surface area (Å²) in [4.78, 5) is 30.3. The van der Waals surface area contributed by atoms with E-state index in [-0.39, 0.29) is 29.8 Å². The number of anilines is 1. The third-order valence-electron chi connectivity index (χ3n) is 8.55. The normalized spacial score (nSPS) is 14.0. The van der Waals surface area contributed by atoms with Gasteiger partial charge in [-0.25, -0.2) is 8.42 Å². The summed E-state index contributed by atoms with van der Waals surface area (Å²) < 4.78 is 29.7. The van der Waals surface area contributed by atoms with Gasteiger partial charge < -0.3 is 10.2 Å². The molecule has 4 aromatic carbocycles. The molecule has 5 rings (SSSR count). The van der Waals surface area contributed by atoms with Crippen LogP contribution in [0.25, 0.3) is 0 Å². The van der Waals surface area contributed by atoms with E-state index in [1.807, 2.05) is 37.3 Å². The molecule has 1 aliphatic carbocycles. The zero-order valence-electron chi connectivity index (χ0n) is 26.5. The minimum Gasteiger partial charge on any atom is -0.352 e. The van der Waals surface area contributed by atoms with Crippen LogP contribution in [-0.4, -0.2) is 43.8 Å². The van der Waals surface area contributed by atoms with Crippen molar-refractivity contribution in [1.82, 2.24) is 10.2 Å². The molecule has 7 nitrogen and oxygen atoms in total. The third-order valence-corrected chi connectivity index (χ3v) is 10.8. The van der Waals surface area contributed by atoms with Gasteiger partial charge in [-0.2, -0.15) is 0 Å². The Kier molecular flexibility index (Phi) is 11.3. The number of nitrogens with one attached hydrogen (secondary N) is 1. The van der Waals surface area contributed by atoms with E-state index in [9.17, 15) is 18.0 Å². The van der Waals surface area contributed by atoms with E-state index in [2.05, 4.69) is 5.32 Å². The molecular weight excluding hydrogens is 653 g/mol. The summed E-state index contributed by atoms with van der Waals surface area (Å²) in [6.07, 6.45) is 4.09. The number of benzene rings is 4. The van der Waals surface area contributed by atoms with Crippen molar-refractivity contribution in [2.45, 2.75) is 69.5 Å². The predicted octanol–water partition coefficient (Wildman–Crippen LogP) is 7.50. The molecule has 0 aromatic heterocycles. The first kappa shape index (κ1) is 34.5. The Bertz CT molecular complexity index is 1790. The van der Waals surface area contributed by atoms with Crippen LogP contribution in [0.1, 0.15) is 47.9 Å². The van der Waals surface area contributed by atoms with Crippen LogP contribution < -0.4 is 9.62 Å². The molecule has 2 amide bonds. The standard InChI is InChI=1S/C37H39Cl2N3O4S/c1-26-12-19-33(20-13-26)47(45,46)42(34-21-18-31(39)22-27(34)2)25-36(43)41(24-29-14-16-30(38)17-15-29)35(23-28-8-4-3-5-9-28)37(44)40-32-10-6-7-11-32/h3-5,8-9,12-22,32,35H,6-7,10-11,23-25H2,1-2H3,(H,40,44). The van der Waals surface area contributed by atoms with Crippen molar-refractivity contribution < 1.29 is 18.0 Å². The monoisotopic (exact) mass is 691 g/mol. The first-order chi connectivity index (χ1) is 22.5. The molecule has 1 fully saturated rings. The van der Waals surface area contributed by atoms with Gasteiger partial charge in [-0.1, -0.05) is 96.2 Å². The summed E-state index contributed by atoms with van der Waals surface area (Å²) in [5, 5.41) is 4.18. The number of hydrogen-bond donors (Lipinski definition) is 1. The van der Waals surface area contributed by atoms with Crippen molar-refractivity contribution in [2.75, 3.05) is 10.8 Å². The maximum atomic E-state index is 14.7. The van der Waals surface area contributed by atoms with E-state index >= 15 is 0 Å². The second-order valence-electron chi connectivity index (χ2n) is 12.1. The van der Waals surface area contributed by atoms with Crippen molar-refractivity contribution in [3.8, 4) is 0 Å². The smallest absolute Gasteiger partial charge is 0.264 e. The summed E-state index contributed by atoms with van der Waals surface area (Å²) in [6.45, 7) is 3.17. The lowest BCUT2D eigenvalue weighted by Crippen LogP contribution is -2.54. The second kappa shape index (κ2) is 15.4. The highest BCUT2D eigenvalue weighted by atomic mass is 35.5. The topological polar surface area (TPSA) is 86.8 Å². The molecular formula is C37H39Cl2N3O4S. The van der Waals surface area contributed by atoms with Crippen LogP contribution >= 0.6 is 23.2 Å². The average Bonchev–Trinajstić information content (AvgIpc) is 3.56. The van der Waals surface area contributed by atoms with E-state index in [4.69, 9.17) is 23.2 Å². The molecule has 4 aromatic rings. The summed E-state index contributed by atoms with van der Waals surface area (Å²) in [6, 6.07) is 27.1. The number of sulfonamides is 1. The van der Waals surface area contributed by atoms with Crippen molar-refractivity contribution >= 4 is 50.7 Å². The lowest BCUT2D eigenvalue weighted by molar-refractivity contribution is -0.140. The fraction of sp³-hybridized carbons (Fsp3) is 0.297. The van der Waals surface area contributed by atoms with E-state index in [0.717, 1.165) is 46.7 Å². The molecule has 1 saturated carbocycles. The zero-order valence-corrected chi connectivity index (χ0v) is 28.9. The Labute approximate surface area is 287 Å². The Morgan fingerprint density at radius 2 is 1.47 bits per heavy atom. The molecule has 0 heterocycles. The highest BCUT2D eigenvalue weighted by Gasteiger charge is 2.36. The summed E-state index contributed by atoms with van der Waals surface area (Å²) in [5.74, 6) is -0.786. The molecule has 0 saturated heterocycles. The van der Waals surface area contributed by atoms with Crippen LogP contribution in [0.4, 0.5) is 5.69 Å². The summed E-state index contributed by atoms with van der Waals surface area (Å²) in [5.41, 5.74) is 3.45. The molecule has 246 valence electrons. The van der Waals surface area contributed by atoms with E-state index in [1.54, 1.807) is 61.5 Å². The van der Waals surface area contributed by atoms with Crippen molar-refractivity contribution in [3.63, 3.8) is 0 Å². The molecule has 1 unspecified atom stereocenters. The maximum Gasteiger partial charge on any atom is 0.264 e. The Morgan fingerprint density at radius 3 is 2.11 bits per heavy atom. The van der Waals surface area contributed by atoms with Crippen LogP contribution in [0.3, 0.4) is 0 Å². The van der Waals surface area contributed by atoms with Crippen molar-refractivity contribution in [3.05, 3.63) is 129 Å². The van der Waals surface area contributed by atoms with Gasteiger partial charge >= 0.3 is 0 Å². The molecule has 1 aliphatic rings. The Balaban J connectivity index is 1.58. The molecule has 47 heavy (non-hydrogen) atoms. The van der Waals surface area contributed by atoms with E-state index < -0.39 is 28.5 Å².